The fourth-order valence-corrected chi connectivity index (χ4v) is 2.85. The molecule has 23 heavy (non-hydrogen) atoms. The van der Waals surface area contributed by atoms with E-state index in [4.69, 9.17) is 0 Å². The van der Waals surface area contributed by atoms with Crippen LogP contribution in [0.2, 0.25) is 0 Å². The number of halogens is 4. The fraction of sp³-hybridized carbons (Fsp3) is 0.429. The maximum atomic E-state index is 13.9. The zero-order valence-corrected chi connectivity index (χ0v) is 13.4. The molecule has 1 heterocycles. The molecule has 4 nitrogen and oxygen atoms in total. The van der Waals surface area contributed by atoms with Crippen LogP contribution in [0.15, 0.2) is 12.3 Å². The summed E-state index contributed by atoms with van der Waals surface area (Å²) in [7, 11) is -1.42. The molecular formula is C14H16F4N2O2S. The van der Waals surface area contributed by atoms with Crippen LogP contribution in [0.5, 0.6) is 0 Å². The summed E-state index contributed by atoms with van der Waals surface area (Å²) < 4.78 is 77.5. The monoisotopic (exact) mass is 352 g/mol. The van der Waals surface area contributed by atoms with Crippen molar-refractivity contribution in [3.8, 4) is 0 Å². The molecular weight excluding hydrogens is 336 g/mol. The molecule has 0 spiro atoms. The molecule has 1 aromatic heterocycles. The summed E-state index contributed by atoms with van der Waals surface area (Å²) in [5, 5.41) is -0.333. The predicted molar refractivity (Wildman–Crippen MR) is 79.0 cm³/mol. The molecule has 0 N–H and O–H groups in total. The first kappa shape index (κ1) is 17.7. The van der Waals surface area contributed by atoms with E-state index in [9.17, 15) is 26.0 Å². The summed E-state index contributed by atoms with van der Waals surface area (Å²) in [5.74, 6) is -6.58. The quantitative estimate of drug-likeness (QED) is 0.455. The summed E-state index contributed by atoms with van der Waals surface area (Å²) in [5.41, 5.74) is -0.349. The molecule has 0 radical (unpaired) electrons. The second kappa shape index (κ2) is 6.48. The lowest BCUT2D eigenvalue weighted by atomic mass is 10.2. The zero-order valence-electron chi connectivity index (χ0n) is 12.6. The molecule has 0 amide bonds. The first-order valence-electron chi connectivity index (χ1n) is 6.79. The molecule has 0 unspecified atom stereocenters. The molecule has 0 fully saturated rings. The average molecular weight is 352 g/mol. The number of aromatic nitrogens is 1. The predicted octanol–water partition coefficient (Wildman–Crippen LogP) is 2.17. The highest BCUT2D eigenvalue weighted by molar-refractivity contribution is 7.90. The van der Waals surface area contributed by atoms with Gasteiger partial charge in [0.05, 0.1) is 11.3 Å². The van der Waals surface area contributed by atoms with E-state index < -0.39 is 33.1 Å². The van der Waals surface area contributed by atoms with Crippen LogP contribution < -0.4 is 0 Å². The van der Waals surface area contributed by atoms with Crippen molar-refractivity contribution in [1.82, 2.24) is 9.47 Å². The third-order valence-corrected chi connectivity index (χ3v) is 4.48. The van der Waals surface area contributed by atoms with E-state index in [2.05, 4.69) is 0 Å². The van der Waals surface area contributed by atoms with Gasteiger partial charge < -0.3 is 9.47 Å². The molecule has 0 aliphatic heterocycles. The normalized spacial score (nSPS) is 12.5. The smallest absolute Gasteiger partial charge is 0.199 e. The van der Waals surface area contributed by atoms with Gasteiger partial charge in [-0.15, -0.1) is 0 Å². The third kappa shape index (κ3) is 3.84. The fourth-order valence-electron chi connectivity index (χ4n) is 2.21. The average Bonchev–Trinajstić information content (AvgIpc) is 2.90. The molecule has 2 aromatic rings. The van der Waals surface area contributed by atoms with Crippen molar-refractivity contribution in [3.05, 3.63) is 35.5 Å². The number of rotatable bonds is 6. The summed E-state index contributed by atoms with van der Waals surface area (Å²) in [4.78, 5) is 1.70. The van der Waals surface area contributed by atoms with Crippen LogP contribution in [-0.4, -0.2) is 50.0 Å². The molecule has 0 atom stereocenters. The van der Waals surface area contributed by atoms with E-state index in [0.717, 1.165) is 6.26 Å². The van der Waals surface area contributed by atoms with Crippen molar-refractivity contribution < 1.29 is 26.0 Å². The van der Waals surface area contributed by atoms with E-state index in [1.807, 2.05) is 0 Å². The van der Waals surface area contributed by atoms with Gasteiger partial charge in [0.2, 0.25) is 0 Å². The number of hydrogen-bond acceptors (Lipinski definition) is 3. The van der Waals surface area contributed by atoms with Gasteiger partial charge in [-0.1, -0.05) is 0 Å². The Morgan fingerprint density at radius 2 is 1.65 bits per heavy atom. The zero-order chi connectivity index (χ0) is 17.4. The van der Waals surface area contributed by atoms with E-state index in [-0.39, 0.29) is 29.7 Å². The molecule has 0 aliphatic carbocycles. The SMILES string of the molecule is CN(CCn1ccc2c(F)c(F)c(F)c(F)c21)CCS(C)(=O)=O. The molecule has 9 heteroatoms. The Hall–Kier alpha value is -1.61. The van der Waals surface area contributed by atoms with Crippen LogP contribution in [0.1, 0.15) is 0 Å². The van der Waals surface area contributed by atoms with Gasteiger partial charge in [-0.05, 0) is 13.1 Å². The number of nitrogens with zero attached hydrogens (tertiary/aromatic N) is 2. The highest BCUT2D eigenvalue weighted by atomic mass is 32.2. The van der Waals surface area contributed by atoms with Gasteiger partial charge in [0, 0.05) is 37.5 Å². The largest absolute Gasteiger partial charge is 0.344 e. The molecule has 128 valence electrons. The van der Waals surface area contributed by atoms with Gasteiger partial charge in [-0.25, -0.2) is 26.0 Å². The van der Waals surface area contributed by atoms with Crippen LogP contribution in [0.3, 0.4) is 0 Å². The molecule has 0 aliphatic rings. The standard InChI is InChI=1S/C14H16F4N2O2S/c1-19(7-8-23(2,21)22)5-6-20-4-3-9-10(15)11(16)12(17)13(18)14(9)20/h3-4H,5-8H2,1-2H3. The Bertz CT molecular complexity index is 833. The maximum absolute atomic E-state index is 13.9. The minimum atomic E-state index is -3.10. The van der Waals surface area contributed by atoms with Gasteiger partial charge in [-0.3, -0.25) is 0 Å². The van der Waals surface area contributed by atoms with Crippen LogP contribution in [0.25, 0.3) is 10.9 Å². The Morgan fingerprint density at radius 3 is 2.26 bits per heavy atom. The maximum Gasteiger partial charge on any atom is 0.199 e. The molecule has 0 bridgehead atoms. The second-order valence-corrected chi connectivity index (χ2v) is 7.72. The lowest BCUT2D eigenvalue weighted by molar-refractivity contribution is 0.337. The topological polar surface area (TPSA) is 42.3 Å². The Balaban J connectivity index is 2.19. The summed E-state index contributed by atoms with van der Waals surface area (Å²) >= 11 is 0. The van der Waals surface area contributed by atoms with Gasteiger partial charge in [0.15, 0.2) is 23.3 Å². The van der Waals surface area contributed by atoms with E-state index >= 15 is 0 Å². The number of likely N-dealkylation sites (N-methyl/N-ethyl adjacent to an activating group) is 1. The van der Waals surface area contributed by atoms with Crippen molar-refractivity contribution in [2.75, 3.05) is 32.1 Å². The Labute approximate surface area is 131 Å². The minimum Gasteiger partial charge on any atom is -0.344 e. The Kier molecular flexibility index (Phi) is 5.00. The van der Waals surface area contributed by atoms with E-state index in [1.165, 1.54) is 16.8 Å². The van der Waals surface area contributed by atoms with Crippen LogP contribution in [0.4, 0.5) is 17.6 Å². The van der Waals surface area contributed by atoms with E-state index in [0.29, 0.717) is 6.54 Å². The number of benzene rings is 1. The number of sulfone groups is 1. The van der Waals surface area contributed by atoms with E-state index in [1.54, 1.807) is 11.9 Å². The molecule has 2 rings (SSSR count). The molecule has 0 saturated heterocycles. The second-order valence-electron chi connectivity index (χ2n) is 5.46. The number of hydrogen-bond donors (Lipinski definition) is 0. The van der Waals surface area contributed by atoms with Crippen molar-refractivity contribution in [1.29, 1.82) is 0 Å². The Morgan fingerprint density at radius 1 is 1.04 bits per heavy atom. The summed E-state index contributed by atoms with van der Waals surface area (Å²) in [6, 6.07) is 1.17. The highest BCUT2D eigenvalue weighted by Crippen LogP contribution is 2.27. The lowest BCUT2D eigenvalue weighted by Gasteiger charge is -2.17. The number of fused-ring (bicyclic) bond motifs is 1. The van der Waals surface area contributed by atoms with Crippen LogP contribution in [-0.2, 0) is 16.4 Å². The molecule has 1 aromatic carbocycles. The first-order valence-corrected chi connectivity index (χ1v) is 8.85. The van der Waals surface area contributed by atoms with Gasteiger partial charge in [0.25, 0.3) is 0 Å². The van der Waals surface area contributed by atoms with Crippen LogP contribution >= 0.6 is 0 Å². The summed E-state index contributed by atoms with van der Waals surface area (Å²) in [6.45, 7) is 0.780. The van der Waals surface area contributed by atoms with Crippen LogP contribution in [0, 0.1) is 23.3 Å². The van der Waals surface area contributed by atoms with Crippen molar-refractivity contribution >= 4 is 20.7 Å². The molecule has 0 saturated carbocycles. The highest BCUT2D eigenvalue weighted by Gasteiger charge is 2.22. The van der Waals surface area contributed by atoms with Gasteiger partial charge >= 0.3 is 0 Å². The third-order valence-electron chi connectivity index (χ3n) is 3.55. The lowest BCUT2D eigenvalue weighted by Crippen LogP contribution is -2.28. The van der Waals surface area contributed by atoms with Gasteiger partial charge in [0.1, 0.15) is 9.84 Å². The summed E-state index contributed by atoms with van der Waals surface area (Å²) in [6.07, 6.45) is 2.45. The van der Waals surface area contributed by atoms with Gasteiger partial charge in [-0.2, -0.15) is 0 Å². The minimum absolute atomic E-state index is 0.0290. The first-order chi connectivity index (χ1) is 10.6. The van der Waals surface area contributed by atoms with Crippen molar-refractivity contribution in [3.63, 3.8) is 0 Å². The van der Waals surface area contributed by atoms with Crippen molar-refractivity contribution in [2.45, 2.75) is 6.54 Å². The van der Waals surface area contributed by atoms with Crippen molar-refractivity contribution in [2.24, 2.45) is 0 Å².